The van der Waals surface area contributed by atoms with Gasteiger partial charge in [0.1, 0.15) is 0 Å². The first-order chi connectivity index (χ1) is 7.05. The van der Waals surface area contributed by atoms with Crippen LogP contribution in [0.4, 0.5) is 0 Å². The molecular formula is C12H28N2OS2. The number of piperidine rings is 1. The lowest BCUT2D eigenvalue weighted by atomic mass is 9.73. The third-order valence-electron chi connectivity index (χ3n) is 4.37. The Morgan fingerprint density at radius 2 is 1.76 bits per heavy atom. The molecule has 1 spiro atoms. The molecule has 2 N–H and O–H groups in total. The number of likely N-dealkylation sites (tertiary alicyclic amines) is 1. The Morgan fingerprint density at radius 3 is 2.12 bits per heavy atom. The zero-order valence-electron chi connectivity index (χ0n) is 11.2. The molecule has 2 aliphatic heterocycles. The van der Waals surface area contributed by atoms with Crippen LogP contribution in [0.2, 0.25) is 0 Å². The fraction of sp³-hybridized carbons (Fsp3) is 1.00. The van der Waals surface area contributed by atoms with E-state index in [4.69, 9.17) is 10.5 Å². The van der Waals surface area contributed by atoms with Gasteiger partial charge in [-0.15, -0.1) is 0 Å². The number of hydrogen-bond donors (Lipinski definition) is 1. The first kappa shape index (κ1) is 17.6. The largest absolute Gasteiger partial charge is 0.376 e. The topological polar surface area (TPSA) is 38.5 Å². The predicted octanol–water partition coefficient (Wildman–Crippen LogP) is 1.45. The maximum absolute atomic E-state index is 6.27. The van der Waals surface area contributed by atoms with Crippen LogP contribution in [0.25, 0.3) is 0 Å². The van der Waals surface area contributed by atoms with Crippen LogP contribution >= 0.6 is 27.0 Å². The van der Waals surface area contributed by atoms with Crippen LogP contribution in [-0.4, -0.2) is 42.8 Å². The molecule has 0 radical (unpaired) electrons. The second kappa shape index (κ2) is 6.66. The third-order valence-corrected chi connectivity index (χ3v) is 4.37. The van der Waals surface area contributed by atoms with E-state index in [0.717, 1.165) is 6.61 Å². The summed E-state index contributed by atoms with van der Waals surface area (Å²) in [7, 11) is 0. The lowest BCUT2D eigenvalue weighted by Gasteiger charge is -2.42. The summed E-state index contributed by atoms with van der Waals surface area (Å²) < 4.78 is 5.71. The summed E-state index contributed by atoms with van der Waals surface area (Å²) in [4.78, 5) is 2.54. The molecule has 0 bridgehead atoms. The summed E-state index contributed by atoms with van der Waals surface area (Å²) in [5.41, 5.74) is 6.55. The van der Waals surface area contributed by atoms with Crippen molar-refractivity contribution in [2.24, 2.45) is 11.1 Å². The Balaban J connectivity index is 0.00000128. The molecule has 2 heterocycles. The van der Waals surface area contributed by atoms with E-state index in [1.165, 1.54) is 25.9 Å². The van der Waals surface area contributed by atoms with Gasteiger partial charge in [-0.25, -0.2) is 0 Å². The lowest BCUT2D eigenvalue weighted by molar-refractivity contribution is 0.0566. The Bertz CT molecular complexity index is 231. The molecule has 0 aromatic heterocycles. The zero-order chi connectivity index (χ0) is 11.1. The van der Waals surface area contributed by atoms with Crippen molar-refractivity contribution in [2.45, 2.75) is 51.8 Å². The van der Waals surface area contributed by atoms with Crippen LogP contribution in [0.3, 0.4) is 0 Å². The standard InChI is InChI=1S/C12H24N2O.2H2S/c1-9(2)14-6-4-12(5-7-14)8-15-10(3)11(12)13;;/h9-11H,4-8,13H2,1-3H3;2*1H2/t10-,11+;;/m0../s1. The van der Waals surface area contributed by atoms with Gasteiger partial charge in [0.25, 0.3) is 0 Å². The van der Waals surface area contributed by atoms with E-state index >= 15 is 0 Å². The highest BCUT2D eigenvalue weighted by molar-refractivity contribution is 7.59. The van der Waals surface area contributed by atoms with Gasteiger partial charge in [0.05, 0.1) is 12.7 Å². The maximum atomic E-state index is 6.27. The number of nitrogens with zero attached hydrogens (tertiary/aromatic N) is 1. The highest BCUT2D eigenvalue weighted by atomic mass is 32.1. The van der Waals surface area contributed by atoms with Gasteiger partial charge >= 0.3 is 0 Å². The van der Waals surface area contributed by atoms with Crippen molar-refractivity contribution in [1.29, 1.82) is 0 Å². The second-order valence-electron chi connectivity index (χ2n) is 5.53. The van der Waals surface area contributed by atoms with Gasteiger partial charge in [-0.3, -0.25) is 0 Å². The fourth-order valence-electron chi connectivity index (χ4n) is 2.96. The van der Waals surface area contributed by atoms with Gasteiger partial charge in [0, 0.05) is 17.5 Å². The van der Waals surface area contributed by atoms with Gasteiger partial charge in [-0.05, 0) is 46.7 Å². The third kappa shape index (κ3) is 3.32. The van der Waals surface area contributed by atoms with Crippen LogP contribution in [0.5, 0.6) is 0 Å². The molecule has 0 amide bonds. The molecule has 5 heteroatoms. The van der Waals surface area contributed by atoms with Gasteiger partial charge in [-0.1, -0.05) is 0 Å². The van der Waals surface area contributed by atoms with E-state index in [-0.39, 0.29) is 44.6 Å². The molecule has 0 aliphatic carbocycles. The summed E-state index contributed by atoms with van der Waals surface area (Å²) in [6.45, 7) is 9.88. The van der Waals surface area contributed by atoms with E-state index in [2.05, 4.69) is 25.7 Å². The molecule has 0 saturated carbocycles. The SMILES string of the molecule is CC(C)N1CCC2(CC1)CO[C@@H](C)[C@H]2N.S.S. The Kier molecular flexibility index (Phi) is 6.89. The van der Waals surface area contributed by atoms with Crippen molar-refractivity contribution < 1.29 is 4.74 Å². The minimum absolute atomic E-state index is 0. The van der Waals surface area contributed by atoms with Crippen LogP contribution in [-0.2, 0) is 4.74 Å². The smallest absolute Gasteiger partial charge is 0.0704 e. The molecule has 17 heavy (non-hydrogen) atoms. The van der Waals surface area contributed by atoms with E-state index in [9.17, 15) is 0 Å². The van der Waals surface area contributed by atoms with Gasteiger partial charge in [-0.2, -0.15) is 27.0 Å². The van der Waals surface area contributed by atoms with Crippen molar-refractivity contribution in [3.8, 4) is 0 Å². The number of hydrogen-bond acceptors (Lipinski definition) is 3. The second-order valence-corrected chi connectivity index (χ2v) is 5.53. The number of nitrogens with two attached hydrogens (primary N) is 1. The minimum atomic E-state index is 0. The molecule has 2 saturated heterocycles. The van der Waals surface area contributed by atoms with E-state index in [1.807, 2.05) is 0 Å². The van der Waals surface area contributed by atoms with Gasteiger partial charge in [0.2, 0.25) is 0 Å². The summed E-state index contributed by atoms with van der Waals surface area (Å²) in [6, 6.07) is 0.908. The normalized spacial score (nSPS) is 32.3. The first-order valence-electron chi connectivity index (χ1n) is 6.16. The van der Waals surface area contributed by atoms with Crippen molar-refractivity contribution in [1.82, 2.24) is 4.90 Å². The average molecular weight is 281 g/mol. The van der Waals surface area contributed by atoms with Crippen molar-refractivity contribution in [2.75, 3.05) is 19.7 Å². The molecule has 2 atom stereocenters. The van der Waals surface area contributed by atoms with Crippen LogP contribution in [0.1, 0.15) is 33.6 Å². The molecule has 0 aromatic rings. The van der Waals surface area contributed by atoms with Crippen LogP contribution in [0.15, 0.2) is 0 Å². The lowest BCUT2D eigenvalue weighted by Crippen LogP contribution is -2.51. The highest BCUT2D eigenvalue weighted by Gasteiger charge is 2.47. The van der Waals surface area contributed by atoms with E-state index in [1.54, 1.807) is 0 Å². The van der Waals surface area contributed by atoms with Crippen molar-refractivity contribution >= 4 is 27.0 Å². The zero-order valence-corrected chi connectivity index (χ0v) is 13.2. The van der Waals surface area contributed by atoms with Crippen LogP contribution < -0.4 is 5.73 Å². The molecule has 2 aliphatic rings. The summed E-state index contributed by atoms with van der Waals surface area (Å²) in [5.74, 6) is 0. The molecule has 2 fully saturated rings. The fourth-order valence-corrected chi connectivity index (χ4v) is 2.96. The molecule has 104 valence electrons. The molecular weight excluding hydrogens is 252 g/mol. The molecule has 2 rings (SSSR count). The van der Waals surface area contributed by atoms with Crippen LogP contribution in [0, 0.1) is 5.41 Å². The Morgan fingerprint density at radius 1 is 1.24 bits per heavy atom. The molecule has 0 unspecified atom stereocenters. The number of rotatable bonds is 1. The van der Waals surface area contributed by atoms with E-state index in [0.29, 0.717) is 6.04 Å². The van der Waals surface area contributed by atoms with Gasteiger partial charge in [0.15, 0.2) is 0 Å². The quantitative estimate of drug-likeness (QED) is 0.790. The highest BCUT2D eigenvalue weighted by Crippen LogP contribution is 2.41. The number of ether oxygens (including phenoxy) is 1. The predicted molar refractivity (Wildman–Crippen MR) is 82.5 cm³/mol. The average Bonchev–Trinajstić information content (AvgIpc) is 2.48. The Hall–Kier alpha value is 0.580. The minimum Gasteiger partial charge on any atom is -0.376 e. The Labute approximate surface area is 119 Å². The van der Waals surface area contributed by atoms with Crippen molar-refractivity contribution in [3.05, 3.63) is 0 Å². The first-order valence-corrected chi connectivity index (χ1v) is 6.16. The molecule has 3 nitrogen and oxygen atoms in total. The summed E-state index contributed by atoms with van der Waals surface area (Å²) >= 11 is 0. The van der Waals surface area contributed by atoms with E-state index < -0.39 is 0 Å². The van der Waals surface area contributed by atoms with Gasteiger partial charge < -0.3 is 15.4 Å². The summed E-state index contributed by atoms with van der Waals surface area (Å²) in [6.07, 6.45) is 2.66. The van der Waals surface area contributed by atoms with Crippen molar-refractivity contribution in [3.63, 3.8) is 0 Å². The monoisotopic (exact) mass is 280 g/mol. The molecule has 0 aromatic carbocycles. The maximum Gasteiger partial charge on any atom is 0.0704 e. The summed E-state index contributed by atoms with van der Waals surface area (Å²) in [5, 5.41) is 0.